The van der Waals surface area contributed by atoms with Gasteiger partial charge in [-0.05, 0) is 32.2 Å². The van der Waals surface area contributed by atoms with Crippen LogP contribution in [-0.4, -0.2) is 29.7 Å². The first kappa shape index (κ1) is 13.2. The first-order valence-electron chi connectivity index (χ1n) is 6.07. The topological polar surface area (TPSA) is 75.3 Å². The molecule has 1 aliphatic heterocycles. The molecule has 4 heteroatoms. The highest BCUT2D eigenvalue weighted by Crippen LogP contribution is 2.11. The van der Waals surface area contributed by atoms with E-state index in [4.69, 9.17) is 10.8 Å². The van der Waals surface area contributed by atoms with Crippen molar-refractivity contribution in [1.82, 2.24) is 5.32 Å². The van der Waals surface area contributed by atoms with Crippen molar-refractivity contribution in [2.45, 2.75) is 50.6 Å². The Kier molecular flexibility index (Phi) is 6.11. The summed E-state index contributed by atoms with van der Waals surface area (Å²) in [6, 6.07) is -0.210. The molecular weight excluding hydrogens is 204 g/mol. The van der Waals surface area contributed by atoms with E-state index >= 15 is 0 Å². The van der Waals surface area contributed by atoms with Crippen molar-refractivity contribution in [1.29, 1.82) is 0 Å². The van der Waals surface area contributed by atoms with Gasteiger partial charge in [0, 0.05) is 6.04 Å². The molecule has 0 unspecified atom stereocenters. The molecule has 0 aromatic heterocycles. The van der Waals surface area contributed by atoms with E-state index in [9.17, 15) is 4.79 Å². The van der Waals surface area contributed by atoms with Crippen LogP contribution in [-0.2, 0) is 4.79 Å². The molecule has 0 spiro atoms. The zero-order valence-electron chi connectivity index (χ0n) is 9.69. The third-order valence-corrected chi connectivity index (χ3v) is 2.96. The molecule has 1 saturated heterocycles. The zero-order chi connectivity index (χ0) is 11.8. The predicted molar refractivity (Wildman–Crippen MR) is 64.2 cm³/mol. The fourth-order valence-electron chi connectivity index (χ4n) is 1.91. The van der Waals surface area contributed by atoms with Gasteiger partial charge in [0.05, 0.1) is 0 Å². The van der Waals surface area contributed by atoms with Gasteiger partial charge in [0.2, 0.25) is 0 Å². The highest BCUT2D eigenvalue weighted by molar-refractivity contribution is 5.73. The minimum Gasteiger partial charge on any atom is -0.480 e. The first-order valence-corrected chi connectivity index (χ1v) is 6.07. The van der Waals surface area contributed by atoms with Crippen LogP contribution in [0.5, 0.6) is 0 Å². The standard InChI is InChI=1S/C12H22N2O2/c13-11(12(15)16)8-4-3-7-10-6-2-1-5-9-14-10/h3-4,10-11,14H,1-2,5-9,13H2,(H,15,16)/b4-3-/t10-,11+/m1/s1. The minimum absolute atomic E-state index is 0.419. The second-order valence-corrected chi connectivity index (χ2v) is 4.39. The average molecular weight is 226 g/mol. The average Bonchev–Trinajstić information content (AvgIpc) is 2.52. The Bertz CT molecular complexity index is 233. The number of nitrogens with two attached hydrogens (primary N) is 1. The molecule has 0 aliphatic carbocycles. The summed E-state index contributed by atoms with van der Waals surface area (Å²) in [5.74, 6) is -0.933. The molecule has 2 atom stereocenters. The summed E-state index contributed by atoms with van der Waals surface area (Å²) in [5, 5.41) is 12.1. The summed E-state index contributed by atoms with van der Waals surface area (Å²) in [6.45, 7) is 1.10. The lowest BCUT2D eigenvalue weighted by Gasteiger charge is -2.12. The fourth-order valence-corrected chi connectivity index (χ4v) is 1.91. The number of nitrogens with one attached hydrogen (secondary N) is 1. The molecule has 0 radical (unpaired) electrons. The van der Waals surface area contributed by atoms with Crippen LogP contribution in [0.1, 0.15) is 38.5 Å². The lowest BCUT2D eigenvalue weighted by atomic mass is 10.1. The van der Waals surface area contributed by atoms with Crippen molar-refractivity contribution in [2.75, 3.05) is 6.54 Å². The van der Waals surface area contributed by atoms with Crippen LogP contribution in [0.2, 0.25) is 0 Å². The zero-order valence-corrected chi connectivity index (χ0v) is 9.69. The smallest absolute Gasteiger partial charge is 0.320 e. The highest BCUT2D eigenvalue weighted by Gasteiger charge is 2.10. The second-order valence-electron chi connectivity index (χ2n) is 4.39. The molecule has 4 nitrogen and oxygen atoms in total. The minimum atomic E-state index is -0.933. The van der Waals surface area contributed by atoms with Crippen molar-refractivity contribution >= 4 is 5.97 Å². The van der Waals surface area contributed by atoms with E-state index in [0.717, 1.165) is 13.0 Å². The summed E-state index contributed by atoms with van der Waals surface area (Å²) in [4.78, 5) is 10.5. The van der Waals surface area contributed by atoms with E-state index < -0.39 is 12.0 Å². The molecule has 16 heavy (non-hydrogen) atoms. The van der Waals surface area contributed by atoms with Crippen molar-refractivity contribution in [3.8, 4) is 0 Å². The van der Waals surface area contributed by atoms with Crippen LogP contribution < -0.4 is 11.1 Å². The van der Waals surface area contributed by atoms with Gasteiger partial charge in [-0.2, -0.15) is 0 Å². The third-order valence-electron chi connectivity index (χ3n) is 2.96. The summed E-state index contributed by atoms with van der Waals surface area (Å²) in [6.07, 6.45) is 10.4. The number of hydrogen-bond acceptors (Lipinski definition) is 3. The van der Waals surface area contributed by atoms with Crippen LogP contribution in [0.15, 0.2) is 12.2 Å². The number of carboxylic acid groups (broad SMARTS) is 1. The van der Waals surface area contributed by atoms with Crippen LogP contribution >= 0.6 is 0 Å². The molecule has 0 bridgehead atoms. The lowest BCUT2D eigenvalue weighted by molar-refractivity contribution is -0.138. The maximum Gasteiger partial charge on any atom is 0.320 e. The Hall–Kier alpha value is -0.870. The quantitative estimate of drug-likeness (QED) is 0.617. The van der Waals surface area contributed by atoms with E-state index in [0.29, 0.717) is 12.5 Å². The lowest BCUT2D eigenvalue weighted by Crippen LogP contribution is -2.29. The third kappa shape index (κ3) is 5.28. The Morgan fingerprint density at radius 3 is 3.00 bits per heavy atom. The molecule has 4 N–H and O–H groups in total. The molecule has 1 fully saturated rings. The van der Waals surface area contributed by atoms with Crippen LogP contribution in [0, 0.1) is 0 Å². The molecule has 92 valence electrons. The van der Waals surface area contributed by atoms with E-state index in [1.807, 2.05) is 12.2 Å². The number of carbonyl (C=O) groups is 1. The van der Waals surface area contributed by atoms with Gasteiger partial charge in [0.15, 0.2) is 0 Å². The molecule has 0 amide bonds. The molecule has 0 saturated carbocycles. The molecule has 0 aromatic rings. The summed E-state index contributed by atoms with van der Waals surface area (Å²) in [7, 11) is 0. The highest BCUT2D eigenvalue weighted by atomic mass is 16.4. The molecule has 1 aliphatic rings. The maximum atomic E-state index is 10.5. The largest absolute Gasteiger partial charge is 0.480 e. The van der Waals surface area contributed by atoms with Gasteiger partial charge >= 0.3 is 5.97 Å². The molecule has 1 heterocycles. The van der Waals surface area contributed by atoms with E-state index in [2.05, 4.69) is 5.32 Å². The van der Waals surface area contributed by atoms with Gasteiger partial charge in [-0.1, -0.05) is 25.0 Å². The Morgan fingerprint density at radius 1 is 1.44 bits per heavy atom. The van der Waals surface area contributed by atoms with Crippen molar-refractivity contribution < 1.29 is 9.90 Å². The van der Waals surface area contributed by atoms with Gasteiger partial charge in [0.1, 0.15) is 6.04 Å². The Labute approximate surface area is 96.9 Å². The van der Waals surface area contributed by atoms with E-state index in [1.165, 1.54) is 25.7 Å². The SMILES string of the molecule is N[C@@H](C/C=C\C[C@H]1CCCCCN1)C(=O)O. The van der Waals surface area contributed by atoms with Gasteiger partial charge in [-0.25, -0.2) is 0 Å². The molecule has 0 aromatic carbocycles. The van der Waals surface area contributed by atoms with Crippen LogP contribution in [0.3, 0.4) is 0 Å². The fraction of sp³-hybridized carbons (Fsp3) is 0.750. The predicted octanol–water partition coefficient (Wildman–Crippen LogP) is 1.27. The van der Waals surface area contributed by atoms with Crippen molar-refractivity contribution in [2.24, 2.45) is 5.73 Å². The van der Waals surface area contributed by atoms with Crippen LogP contribution in [0.25, 0.3) is 0 Å². The maximum absolute atomic E-state index is 10.5. The summed E-state index contributed by atoms with van der Waals surface area (Å²) < 4.78 is 0. The monoisotopic (exact) mass is 226 g/mol. The normalized spacial score (nSPS) is 24.2. The van der Waals surface area contributed by atoms with Crippen molar-refractivity contribution in [3.05, 3.63) is 12.2 Å². The van der Waals surface area contributed by atoms with Crippen molar-refractivity contribution in [3.63, 3.8) is 0 Å². The summed E-state index contributed by atoms with van der Waals surface area (Å²) in [5.41, 5.74) is 5.39. The van der Waals surface area contributed by atoms with Gasteiger partial charge < -0.3 is 16.2 Å². The van der Waals surface area contributed by atoms with Gasteiger partial charge in [-0.3, -0.25) is 4.79 Å². The molecular formula is C12H22N2O2. The van der Waals surface area contributed by atoms with Crippen LogP contribution in [0.4, 0.5) is 0 Å². The summed E-state index contributed by atoms with van der Waals surface area (Å²) >= 11 is 0. The molecule has 1 rings (SSSR count). The number of aliphatic carboxylic acids is 1. The van der Waals surface area contributed by atoms with E-state index in [-0.39, 0.29) is 0 Å². The Balaban J connectivity index is 2.17. The van der Waals surface area contributed by atoms with Gasteiger partial charge in [0.25, 0.3) is 0 Å². The number of rotatable bonds is 5. The second kappa shape index (κ2) is 7.41. The first-order chi connectivity index (χ1) is 7.70. The van der Waals surface area contributed by atoms with E-state index in [1.54, 1.807) is 0 Å². The Morgan fingerprint density at radius 2 is 2.25 bits per heavy atom. The number of hydrogen-bond donors (Lipinski definition) is 3. The number of carboxylic acids is 1. The van der Waals surface area contributed by atoms with Gasteiger partial charge in [-0.15, -0.1) is 0 Å².